The van der Waals surface area contributed by atoms with Gasteiger partial charge in [0, 0.05) is 33.4 Å². The van der Waals surface area contributed by atoms with E-state index in [0.717, 1.165) is 50.5 Å². The molecular formula is C66H46N2. The first-order chi connectivity index (χ1) is 33.8. The minimum absolute atomic E-state index is 1.06. The summed E-state index contributed by atoms with van der Waals surface area (Å²) in [4.78, 5) is 2.46. The first-order valence-corrected chi connectivity index (χ1v) is 23.3. The van der Waals surface area contributed by atoms with Crippen LogP contribution >= 0.6 is 0 Å². The lowest BCUT2D eigenvalue weighted by Crippen LogP contribution is -2.12. The Kier molecular flexibility index (Phi) is 10.6. The van der Waals surface area contributed by atoms with Gasteiger partial charge in [-0.25, -0.2) is 0 Å². The second-order valence-electron chi connectivity index (χ2n) is 17.2. The Morgan fingerprint density at radius 1 is 0.235 bits per heavy atom. The number of anilines is 3. The van der Waals surface area contributed by atoms with Gasteiger partial charge >= 0.3 is 0 Å². The summed E-state index contributed by atoms with van der Waals surface area (Å²) in [6.07, 6.45) is 0. The summed E-state index contributed by atoms with van der Waals surface area (Å²) in [6.45, 7) is 0. The van der Waals surface area contributed by atoms with E-state index in [1.54, 1.807) is 0 Å². The van der Waals surface area contributed by atoms with Gasteiger partial charge in [-0.15, -0.1) is 0 Å². The van der Waals surface area contributed by atoms with Crippen LogP contribution in [0.2, 0.25) is 0 Å². The lowest BCUT2D eigenvalue weighted by atomic mass is 9.89. The third-order valence-corrected chi connectivity index (χ3v) is 13.2. The van der Waals surface area contributed by atoms with Crippen LogP contribution in [0.5, 0.6) is 0 Å². The molecule has 0 aliphatic rings. The maximum Gasteiger partial charge on any atom is 0.0561 e. The zero-order chi connectivity index (χ0) is 45.2. The zero-order valence-electron chi connectivity index (χ0n) is 37.5. The lowest BCUT2D eigenvalue weighted by Gasteiger charge is -2.29. The van der Waals surface area contributed by atoms with E-state index < -0.39 is 0 Å². The van der Waals surface area contributed by atoms with Crippen molar-refractivity contribution >= 4 is 38.9 Å². The predicted molar refractivity (Wildman–Crippen MR) is 288 cm³/mol. The number of para-hydroxylation sites is 2. The monoisotopic (exact) mass is 866 g/mol. The Balaban J connectivity index is 1.12. The van der Waals surface area contributed by atoms with Crippen LogP contribution < -0.4 is 4.90 Å². The Morgan fingerprint density at radius 2 is 0.632 bits per heavy atom. The first kappa shape index (κ1) is 40.5. The molecule has 0 fully saturated rings. The largest absolute Gasteiger partial charge is 0.310 e. The Morgan fingerprint density at radius 3 is 1.19 bits per heavy atom. The van der Waals surface area contributed by atoms with Crippen molar-refractivity contribution in [2.75, 3.05) is 4.90 Å². The van der Waals surface area contributed by atoms with Gasteiger partial charge in [-0.3, -0.25) is 0 Å². The van der Waals surface area contributed by atoms with E-state index in [1.165, 1.54) is 60.8 Å². The molecule has 2 nitrogen and oxygen atoms in total. The molecule has 0 atom stereocenters. The van der Waals surface area contributed by atoms with E-state index in [0.29, 0.717) is 0 Å². The Labute approximate surface area is 397 Å². The molecule has 0 amide bonds. The normalized spacial score (nSPS) is 11.2. The summed E-state index contributed by atoms with van der Waals surface area (Å²) in [7, 11) is 0. The van der Waals surface area contributed by atoms with Crippen molar-refractivity contribution in [3.8, 4) is 72.4 Å². The average Bonchev–Trinajstić information content (AvgIpc) is 3.76. The highest BCUT2D eigenvalue weighted by Crippen LogP contribution is 2.48. The predicted octanol–water partition coefficient (Wildman–Crippen LogP) is 18.3. The molecule has 0 saturated heterocycles. The highest BCUT2D eigenvalue weighted by molar-refractivity contribution is 6.11. The maximum atomic E-state index is 2.46. The molecule has 0 radical (unpaired) electrons. The number of nitrogens with zero attached hydrogens (tertiary/aromatic N) is 2. The number of fused-ring (bicyclic) bond motifs is 3. The van der Waals surface area contributed by atoms with Crippen LogP contribution in [0.1, 0.15) is 0 Å². The standard InChI is InChI=1S/C66H46N2/c1-5-21-47(22-6-1)55-29-13-14-31-57(55)50-37-40-53(41-38-50)67(54-42-43-62-61-35-19-20-36-64(61)68(66(62)46-54)52-27-11-4-12-28-52)65-44-39-51(59-33-16-15-30-56(59)48-23-7-2-8-24-48)45-63(65)60-34-18-17-32-58(60)49-25-9-3-10-26-49/h1-46H. The van der Waals surface area contributed by atoms with Gasteiger partial charge in [0.1, 0.15) is 0 Å². The smallest absolute Gasteiger partial charge is 0.0561 e. The number of hydrogen-bond acceptors (Lipinski definition) is 1. The summed E-state index contributed by atoms with van der Waals surface area (Å²) >= 11 is 0. The fourth-order valence-electron chi connectivity index (χ4n) is 10.1. The van der Waals surface area contributed by atoms with E-state index in [2.05, 4.69) is 289 Å². The van der Waals surface area contributed by atoms with Crippen molar-refractivity contribution in [3.05, 3.63) is 279 Å². The molecule has 11 aromatic carbocycles. The Bertz CT molecular complexity index is 3710. The number of rotatable bonds is 10. The maximum absolute atomic E-state index is 2.46. The van der Waals surface area contributed by atoms with Crippen molar-refractivity contribution in [1.82, 2.24) is 4.57 Å². The van der Waals surface area contributed by atoms with Gasteiger partial charge in [0.25, 0.3) is 0 Å². The molecule has 0 unspecified atom stereocenters. The van der Waals surface area contributed by atoms with Crippen molar-refractivity contribution in [2.24, 2.45) is 0 Å². The molecule has 68 heavy (non-hydrogen) atoms. The van der Waals surface area contributed by atoms with E-state index >= 15 is 0 Å². The van der Waals surface area contributed by atoms with Crippen LogP contribution in [0.25, 0.3) is 94.3 Å². The molecule has 0 aliphatic carbocycles. The molecular weight excluding hydrogens is 821 g/mol. The Hall–Kier alpha value is -8.98. The molecule has 12 aromatic rings. The molecule has 0 N–H and O–H groups in total. The fourth-order valence-corrected chi connectivity index (χ4v) is 10.1. The summed E-state index contributed by atoms with van der Waals surface area (Å²) in [5.41, 5.74) is 20.8. The van der Waals surface area contributed by atoms with Gasteiger partial charge in [-0.1, -0.05) is 224 Å². The molecule has 1 heterocycles. The van der Waals surface area contributed by atoms with Crippen LogP contribution in [0, 0.1) is 0 Å². The van der Waals surface area contributed by atoms with Crippen LogP contribution in [0.15, 0.2) is 279 Å². The van der Waals surface area contributed by atoms with Crippen molar-refractivity contribution in [2.45, 2.75) is 0 Å². The highest BCUT2D eigenvalue weighted by Gasteiger charge is 2.23. The third kappa shape index (κ3) is 7.45. The summed E-state index contributed by atoms with van der Waals surface area (Å²) in [6, 6.07) is 101. The second kappa shape index (κ2) is 17.8. The molecule has 1 aromatic heterocycles. The second-order valence-corrected chi connectivity index (χ2v) is 17.2. The summed E-state index contributed by atoms with van der Waals surface area (Å²) in [5.74, 6) is 0. The molecule has 0 spiro atoms. The highest BCUT2D eigenvalue weighted by atomic mass is 15.1. The van der Waals surface area contributed by atoms with E-state index in [9.17, 15) is 0 Å². The fraction of sp³-hybridized carbons (Fsp3) is 0. The van der Waals surface area contributed by atoms with Gasteiger partial charge < -0.3 is 9.47 Å². The van der Waals surface area contributed by atoms with Crippen molar-refractivity contribution in [3.63, 3.8) is 0 Å². The van der Waals surface area contributed by atoms with E-state index in [-0.39, 0.29) is 0 Å². The lowest BCUT2D eigenvalue weighted by molar-refractivity contribution is 1.18. The number of benzene rings is 11. The van der Waals surface area contributed by atoms with Gasteiger partial charge in [-0.2, -0.15) is 0 Å². The SMILES string of the molecule is c1ccc(-c2ccccc2-c2ccc(N(c3ccc4c5ccccc5n(-c5ccccc5)c4c3)c3ccc(-c4ccccc4-c4ccccc4)cc3-c3ccccc3-c3ccccc3)cc2)cc1. The van der Waals surface area contributed by atoms with Gasteiger partial charge in [0.05, 0.1) is 16.7 Å². The molecule has 12 rings (SSSR count). The molecule has 320 valence electrons. The van der Waals surface area contributed by atoms with Gasteiger partial charge in [0.2, 0.25) is 0 Å². The zero-order valence-corrected chi connectivity index (χ0v) is 37.5. The molecule has 0 saturated carbocycles. The summed E-state index contributed by atoms with van der Waals surface area (Å²) in [5, 5.41) is 2.44. The molecule has 0 aliphatic heterocycles. The van der Waals surface area contributed by atoms with Crippen LogP contribution in [-0.4, -0.2) is 4.57 Å². The summed E-state index contributed by atoms with van der Waals surface area (Å²) < 4.78 is 2.41. The van der Waals surface area contributed by atoms with Crippen LogP contribution in [0.3, 0.4) is 0 Å². The van der Waals surface area contributed by atoms with E-state index in [1.807, 2.05) is 0 Å². The quantitative estimate of drug-likeness (QED) is 0.133. The van der Waals surface area contributed by atoms with Crippen LogP contribution in [-0.2, 0) is 0 Å². The third-order valence-electron chi connectivity index (χ3n) is 13.2. The first-order valence-electron chi connectivity index (χ1n) is 23.3. The number of hydrogen-bond donors (Lipinski definition) is 0. The topological polar surface area (TPSA) is 8.17 Å². The van der Waals surface area contributed by atoms with Gasteiger partial charge in [-0.05, 0) is 116 Å². The van der Waals surface area contributed by atoms with Crippen molar-refractivity contribution in [1.29, 1.82) is 0 Å². The molecule has 2 heteroatoms. The minimum Gasteiger partial charge on any atom is -0.310 e. The average molecular weight is 867 g/mol. The van der Waals surface area contributed by atoms with Crippen molar-refractivity contribution < 1.29 is 0 Å². The van der Waals surface area contributed by atoms with Crippen LogP contribution in [0.4, 0.5) is 17.1 Å². The van der Waals surface area contributed by atoms with Gasteiger partial charge in [0.15, 0.2) is 0 Å². The number of aromatic nitrogens is 1. The molecule has 0 bridgehead atoms. The van der Waals surface area contributed by atoms with E-state index in [4.69, 9.17) is 0 Å². The minimum atomic E-state index is 1.06.